The maximum absolute atomic E-state index is 12.4. The van der Waals surface area contributed by atoms with E-state index in [1.54, 1.807) is 56.7 Å². The summed E-state index contributed by atoms with van der Waals surface area (Å²) in [7, 11) is 7.71. The van der Waals surface area contributed by atoms with E-state index in [0.29, 0.717) is 51.2 Å². The van der Waals surface area contributed by atoms with Gasteiger partial charge < -0.3 is 28.4 Å². The fourth-order valence-corrected chi connectivity index (χ4v) is 2.99. The van der Waals surface area contributed by atoms with Crippen LogP contribution < -0.4 is 23.7 Å². The van der Waals surface area contributed by atoms with E-state index in [9.17, 15) is 4.79 Å². The number of esters is 1. The molecule has 7 heteroatoms. The minimum atomic E-state index is -0.473. The topological polar surface area (TPSA) is 72.5 Å². The Bertz CT molecular complexity index is 964. The van der Waals surface area contributed by atoms with Gasteiger partial charge in [-0.25, -0.2) is 4.79 Å². The van der Waals surface area contributed by atoms with Gasteiger partial charge in [0, 0.05) is 0 Å². The zero-order valence-electron chi connectivity index (χ0n) is 16.9. The van der Waals surface area contributed by atoms with Gasteiger partial charge in [-0.15, -0.1) is 0 Å². The minimum Gasteiger partial charge on any atom is -0.497 e. The fraction of sp³-hybridized carbons (Fsp3) is 0.227. The third-order valence-corrected chi connectivity index (χ3v) is 4.41. The molecule has 0 spiro atoms. The molecule has 2 aromatic rings. The molecule has 29 heavy (non-hydrogen) atoms. The van der Waals surface area contributed by atoms with Crippen molar-refractivity contribution in [3.05, 3.63) is 53.1 Å². The van der Waals surface area contributed by atoms with Crippen LogP contribution in [0, 0.1) is 0 Å². The second-order valence-electron chi connectivity index (χ2n) is 6.02. The largest absolute Gasteiger partial charge is 0.497 e. The fourth-order valence-electron chi connectivity index (χ4n) is 2.99. The monoisotopic (exact) mass is 398 g/mol. The molecule has 0 aromatic heterocycles. The van der Waals surface area contributed by atoms with Gasteiger partial charge in [0.15, 0.2) is 11.5 Å². The Hall–Kier alpha value is -3.61. The number of cyclic esters (lactones) is 1. The molecular weight excluding hydrogens is 376 g/mol. The highest BCUT2D eigenvalue weighted by atomic mass is 16.5. The van der Waals surface area contributed by atoms with Gasteiger partial charge in [0.25, 0.3) is 0 Å². The van der Waals surface area contributed by atoms with Gasteiger partial charge in [0.05, 0.1) is 46.7 Å². The van der Waals surface area contributed by atoms with Crippen molar-refractivity contribution in [2.45, 2.75) is 0 Å². The van der Waals surface area contributed by atoms with Gasteiger partial charge in [-0.3, -0.25) is 0 Å². The lowest BCUT2D eigenvalue weighted by Crippen LogP contribution is -1.99. The van der Waals surface area contributed by atoms with Crippen LogP contribution in [-0.2, 0) is 9.53 Å². The van der Waals surface area contributed by atoms with Crippen LogP contribution in [0.3, 0.4) is 0 Å². The molecule has 0 bridgehead atoms. The van der Waals surface area contributed by atoms with Gasteiger partial charge in [-0.1, -0.05) is 0 Å². The predicted octanol–water partition coefficient (Wildman–Crippen LogP) is 3.71. The molecule has 0 radical (unpaired) electrons. The summed E-state index contributed by atoms with van der Waals surface area (Å²) < 4.78 is 32.1. The zero-order chi connectivity index (χ0) is 21.0. The summed E-state index contributed by atoms with van der Waals surface area (Å²) in [5, 5.41) is 0. The summed E-state index contributed by atoms with van der Waals surface area (Å²) in [6.45, 7) is 0. The van der Waals surface area contributed by atoms with Crippen molar-refractivity contribution in [3.8, 4) is 28.7 Å². The maximum Gasteiger partial charge on any atom is 0.343 e. The normalized spacial score (nSPS) is 14.3. The first-order chi connectivity index (χ1) is 14.0. The molecule has 1 aliphatic rings. The van der Waals surface area contributed by atoms with E-state index in [2.05, 4.69) is 0 Å². The minimum absolute atomic E-state index is 0.374. The number of methoxy groups -OCH3 is 5. The number of carbonyl (C=O) groups is 1. The molecule has 3 rings (SSSR count). The lowest BCUT2D eigenvalue weighted by atomic mass is 10.1. The van der Waals surface area contributed by atoms with Crippen LogP contribution in [0.5, 0.6) is 28.7 Å². The Labute approximate surface area is 169 Å². The molecule has 0 unspecified atom stereocenters. The highest BCUT2D eigenvalue weighted by Crippen LogP contribution is 2.40. The summed E-state index contributed by atoms with van der Waals surface area (Å²) in [5.41, 5.74) is 1.69. The average Bonchev–Trinajstić information content (AvgIpc) is 3.12. The molecule has 0 aliphatic carbocycles. The van der Waals surface area contributed by atoms with E-state index < -0.39 is 5.97 Å². The Morgan fingerprint density at radius 3 is 2.00 bits per heavy atom. The molecule has 0 atom stereocenters. The Morgan fingerprint density at radius 2 is 1.45 bits per heavy atom. The van der Waals surface area contributed by atoms with E-state index in [0.717, 1.165) is 0 Å². The van der Waals surface area contributed by atoms with Crippen molar-refractivity contribution in [1.82, 2.24) is 0 Å². The van der Waals surface area contributed by atoms with E-state index in [1.165, 1.54) is 21.3 Å². The summed E-state index contributed by atoms with van der Waals surface area (Å²) in [6, 6.07) is 8.77. The summed E-state index contributed by atoms with van der Waals surface area (Å²) in [5.74, 6) is 2.55. The highest BCUT2D eigenvalue weighted by Gasteiger charge is 2.25. The van der Waals surface area contributed by atoms with E-state index >= 15 is 0 Å². The Balaban J connectivity index is 2.04. The quantitative estimate of drug-likeness (QED) is 0.520. The van der Waals surface area contributed by atoms with Crippen LogP contribution in [0.1, 0.15) is 11.1 Å². The van der Waals surface area contributed by atoms with Gasteiger partial charge in [0.1, 0.15) is 17.3 Å². The molecule has 0 saturated heterocycles. The lowest BCUT2D eigenvalue weighted by Gasteiger charge is -2.12. The summed E-state index contributed by atoms with van der Waals surface area (Å²) in [4.78, 5) is 12.4. The Kier molecular flexibility index (Phi) is 5.97. The van der Waals surface area contributed by atoms with E-state index in [-0.39, 0.29) is 0 Å². The van der Waals surface area contributed by atoms with Gasteiger partial charge in [-0.2, -0.15) is 0 Å². The SMILES string of the molecule is COc1ccc(OC)c(C2=C/C(=C\c3cc(OC)c(OC)c(OC)c3)C(=O)O2)c1. The highest BCUT2D eigenvalue weighted by molar-refractivity contribution is 6.05. The third kappa shape index (κ3) is 3.99. The number of rotatable bonds is 7. The number of hydrogen-bond donors (Lipinski definition) is 0. The van der Waals surface area contributed by atoms with Gasteiger partial charge >= 0.3 is 5.97 Å². The van der Waals surface area contributed by atoms with Crippen molar-refractivity contribution in [3.63, 3.8) is 0 Å². The van der Waals surface area contributed by atoms with E-state index in [1.807, 2.05) is 0 Å². The smallest absolute Gasteiger partial charge is 0.343 e. The number of benzene rings is 2. The second kappa shape index (κ2) is 8.60. The third-order valence-electron chi connectivity index (χ3n) is 4.41. The molecule has 1 aliphatic heterocycles. The van der Waals surface area contributed by atoms with Crippen LogP contribution in [0.2, 0.25) is 0 Å². The Morgan fingerprint density at radius 1 is 0.793 bits per heavy atom. The van der Waals surface area contributed by atoms with Crippen molar-refractivity contribution in [2.75, 3.05) is 35.5 Å². The molecule has 0 saturated carbocycles. The van der Waals surface area contributed by atoms with Gasteiger partial charge in [-0.05, 0) is 48.0 Å². The van der Waals surface area contributed by atoms with Gasteiger partial charge in [0.2, 0.25) is 5.75 Å². The zero-order valence-corrected chi connectivity index (χ0v) is 16.9. The number of hydrogen-bond acceptors (Lipinski definition) is 7. The maximum atomic E-state index is 12.4. The summed E-state index contributed by atoms with van der Waals surface area (Å²) >= 11 is 0. The summed E-state index contributed by atoms with van der Waals surface area (Å²) in [6.07, 6.45) is 3.34. The second-order valence-corrected chi connectivity index (χ2v) is 6.02. The molecule has 7 nitrogen and oxygen atoms in total. The van der Waals surface area contributed by atoms with Crippen LogP contribution in [-0.4, -0.2) is 41.5 Å². The van der Waals surface area contributed by atoms with Crippen molar-refractivity contribution < 1.29 is 33.2 Å². The van der Waals surface area contributed by atoms with Crippen molar-refractivity contribution in [1.29, 1.82) is 0 Å². The van der Waals surface area contributed by atoms with Crippen molar-refractivity contribution >= 4 is 17.8 Å². The molecule has 2 aromatic carbocycles. The molecule has 0 amide bonds. The van der Waals surface area contributed by atoms with Crippen molar-refractivity contribution in [2.24, 2.45) is 0 Å². The van der Waals surface area contributed by atoms with Crippen LogP contribution in [0.4, 0.5) is 0 Å². The first kappa shape index (κ1) is 20.1. The molecule has 1 heterocycles. The molecule has 0 fully saturated rings. The van der Waals surface area contributed by atoms with Crippen LogP contribution in [0.25, 0.3) is 11.8 Å². The first-order valence-electron chi connectivity index (χ1n) is 8.72. The molecular formula is C22H22O7. The van der Waals surface area contributed by atoms with E-state index in [4.69, 9.17) is 28.4 Å². The predicted molar refractivity (Wildman–Crippen MR) is 108 cm³/mol. The number of ether oxygens (including phenoxy) is 6. The first-order valence-corrected chi connectivity index (χ1v) is 8.72. The van der Waals surface area contributed by atoms with Crippen LogP contribution in [0.15, 0.2) is 42.0 Å². The standard InChI is InChI=1S/C22H22O7/c1-24-15-6-7-17(25-2)16(12-15)18-11-14(22(23)29-18)8-13-9-19(26-3)21(28-5)20(10-13)27-4/h6-12H,1-5H3/b14-8+. The molecule has 152 valence electrons. The average molecular weight is 398 g/mol. The number of carbonyl (C=O) groups excluding carboxylic acids is 1. The van der Waals surface area contributed by atoms with Crippen LogP contribution >= 0.6 is 0 Å². The molecule has 0 N–H and O–H groups in total. The lowest BCUT2D eigenvalue weighted by molar-refractivity contribution is -0.130.